The van der Waals surface area contributed by atoms with E-state index in [0.717, 1.165) is 16.8 Å². The molecule has 4 heteroatoms. The highest BCUT2D eigenvalue weighted by Gasteiger charge is 2.08. The Hall–Kier alpha value is -2.10. The molecule has 94 valence electrons. The van der Waals surface area contributed by atoms with Gasteiger partial charge in [-0.15, -0.1) is 0 Å². The van der Waals surface area contributed by atoms with Crippen LogP contribution in [-0.4, -0.2) is 15.7 Å². The number of hydrogen-bond acceptors (Lipinski definition) is 2. The van der Waals surface area contributed by atoms with Gasteiger partial charge < -0.3 is 5.32 Å². The molecule has 0 aliphatic rings. The highest BCUT2D eigenvalue weighted by Crippen LogP contribution is 2.21. The van der Waals surface area contributed by atoms with Gasteiger partial charge in [0.05, 0.1) is 0 Å². The normalized spacial score (nSPS) is 10.4. The van der Waals surface area contributed by atoms with Crippen LogP contribution < -0.4 is 5.32 Å². The molecule has 0 radical (unpaired) electrons. The second-order valence-corrected chi connectivity index (χ2v) is 4.53. The number of benzene rings is 1. The lowest BCUT2D eigenvalue weighted by molar-refractivity contribution is -0.116. The summed E-state index contributed by atoms with van der Waals surface area (Å²) in [7, 11) is 0. The molecule has 18 heavy (non-hydrogen) atoms. The van der Waals surface area contributed by atoms with E-state index in [4.69, 9.17) is 0 Å². The molecular weight excluding hydrogens is 226 g/mol. The second kappa shape index (κ2) is 5.04. The van der Waals surface area contributed by atoms with Crippen LogP contribution in [0.5, 0.6) is 0 Å². The number of aryl methyl sites for hydroxylation is 3. The minimum absolute atomic E-state index is 0.0613. The molecule has 1 heterocycles. The molecule has 0 unspecified atom stereocenters. The van der Waals surface area contributed by atoms with Gasteiger partial charge in [0.1, 0.15) is 6.54 Å². The van der Waals surface area contributed by atoms with Gasteiger partial charge in [0.25, 0.3) is 0 Å². The zero-order valence-electron chi connectivity index (χ0n) is 10.9. The molecule has 0 atom stereocenters. The number of hydrogen-bond donors (Lipinski definition) is 1. The SMILES string of the molecule is Cc1cc(C)c(NC(=O)Cn2cccn2)c(C)c1. The van der Waals surface area contributed by atoms with E-state index in [1.165, 1.54) is 5.56 Å². The van der Waals surface area contributed by atoms with Gasteiger partial charge in [-0.3, -0.25) is 9.48 Å². The third kappa shape index (κ3) is 2.77. The van der Waals surface area contributed by atoms with Gasteiger partial charge in [0.15, 0.2) is 0 Å². The first-order chi connectivity index (χ1) is 8.56. The smallest absolute Gasteiger partial charge is 0.246 e. The summed E-state index contributed by atoms with van der Waals surface area (Å²) in [5, 5.41) is 6.96. The number of rotatable bonds is 3. The van der Waals surface area contributed by atoms with Crippen LogP contribution in [0.15, 0.2) is 30.6 Å². The first kappa shape index (κ1) is 12.4. The number of anilines is 1. The summed E-state index contributed by atoms with van der Waals surface area (Å²) >= 11 is 0. The average Bonchev–Trinajstić information content (AvgIpc) is 2.76. The lowest BCUT2D eigenvalue weighted by atomic mass is 10.1. The highest BCUT2D eigenvalue weighted by atomic mass is 16.2. The van der Waals surface area contributed by atoms with Crippen LogP contribution in [0.3, 0.4) is 0 Å². The summed E-state index contributed by atoms with van der Waals surface area (Å²) in [5.41, 5.74) is 4.27. The first-order valence-electron chi connectivity index (χ1n) is 5.91. The second-order valence-electron chi connectivity index (χ2n) is 4.53. The Morgan fingerprint density at radius 3 is 2.50 bits per heavy atom. The maximum absolute atomic E-state index is 11.9. The van der Waals surface area contributed by atoms with Crippen molar-refractivity contribution in [2.75, 3.05) is 5.32 Å². The van der Waals surface area contributed by atoms with Crippen molar-refractivity contribution in [3.63, 3.8) is 0 Å². The van der Waals surface area contributed by atoms with Crippen molar-refractivity contribution in [3.8, 4) is 0 Å². The summed E-state index contributed by atoms with van der Waals surface area (Å²) in [5.74, 6) is -0.0613. The molecule has 2 rings (SSSR count). The molecule has 0 aliphatic heterocycles. The van der Waals surface area contributed by atoms with Crippen molar-refractivity contribution in [2.24, 2.45) is 0 Å². The lowest BCUT2D eigenvalue weighted by Crippen LogP contribution is -2.20. The van der Waals surface area contributed by atoms with E-state index in [1.54, 1.807) is 23.1 Å². The van der Waals surface area contributed by atoms with E-state index >= 15 is 0 Å². The topological polar surface area (TPSA) is 46.9 Å². The number of aromatic nitrogens is 2. The van der Waals surface area contributed by atoms with Gasteiger partial charge in [0, 0.05) is 18.1 Å². The van der Waals surface area contributed by atoms with Crippen molar-refractivity contribution in [2.45, 2.75) is 27.3 Å². The number of carbonyl (C=O) groups excluding carboxylic acids is 1. The predicted octanol–water partition coefficient (Wildman–Crippen LogP) is 2.45. The average molecular weight is 243 g/mol. The zero-order chi connectivity index (χ0) is 13.1. The summed E-state index contributed by atoms with van der Waals surface area (Å²) in [6, 6.07) is 5.93. The van der Waals surface area contributed by atoms with Gasteiger partial charge in [-0.05, 0) is 38.0 Å². The van der Waals surface area contributed by atoms with Crippen LogP contribution in [0.2, 0.25) is 0 Å². The molecule has 1 aromatic heterocycles. The minimum Gasteiger partial charge on any atom is -0.324 e. The Labute approximate surface area is 107 Å². The molecule has 2 aromatic rings. The van der Waals surface area contributed by atoms with Gasteiger partial charge in [0.2, 0.25) is 5.91 Å². The molecular formula is C14H17N3O. The summed E-state index contributed by atoms with van der Waals surface area (Å²) < 4.78 is 1.61. The van der Waals surface area contributed by atoms with E-state index in [0.29, 0.717) is 0 Å². The molecule has 0 bridgehead atoms. The Morgan fingerprint density at radius 2 is 1.94 bits per heavy atom. The number of amides is 1. The van der Waals surface area contributed by atoms with Gasteiger partial charge in [-0.25, -0.2) is 0 Å². The Kier molecular flexibility index (Phi) is 3.46. The fraction of sp³-hybridized carbons (Fsp3) is 0.286. The Bertz CT molecular complexity index is 535. The first-order valence-corrected chi connectivity index (χ1v) is 5.91. The van der Waals surface area contributed by atoms with E-state index < -0.39 is 0 Å². The van der Waals surface area contributed by atoms with Crippen LogP contribution in [0.4, 0.5) is 5.69 Å². The van der Waals surface area contributed by atoms with Crippen molar-refractivity contribution < 1.29 is 4.79 Å². The molecule has 1 N–H and O–H groups in total. The number of nitrogens with one attached hydrogen (secondary N) is 1. The molecule has 0 spiro atoms. The minimum atomic E-state index is -0.0613. The fourth-order valence-corrected chi connectivity index (χ4v) is 2.10. The van der Waals surface area contributed by atoms with Crippen LogP contribution in [-0.2, 0) is 11.3 Å². The third-order valence-corrected chi connectivity index (χ3v) is 2.81. The van der Waals surface area contributed by atoms with E-state index in [9.17, 15) is 4.79 Å². The fourth-order valence-electron chi connectivity index (χ4n) is 2.10. The summed E-state index contributed by atoms with van der Waals surface area (Å²) in [4.78, 5) is 11.9. The quantitative estimate of drug-likeness (QED) is 0.900. The maximum Gasteiger partial charge on any atom is 0.246 e. The van der Waals surface area contributed by atoms with Crippen LogP contribution in [0.25, 0.3) is 0 Å². The predicted molar refractivity (Wildman–Crippen MR) is 71.5 cm³/mol. The zero-order valence-corrected chi connectivity index (χ0v) is 10.9. The van der Waals surface area contributed by atoms with Gasteiger partial charge >= 0.3 is 0 Å². The molecule has 4 nitrogen and oxygen atoms in total. The summed E-state index contributed by atoms with van der Waals surface area (Å²) in [6.45, 7) is 6.29. The maximum atomic E-state index is 11.9. The van der Waals surface area contributed by atoms with Crippen LogP contribution in [0, 0.1) is 20.8 Å². The van der Waals surface area contributed by atoms with Crippen LogP contribution in [0.1, 0.15) is 16.7 Å². The Morgan fingerprint density at radius 1 is 1.28 bits per heavy atom. The number of nitrogens with zero attached hydrogens (tertiary/aromatic N) is 2. The molecule has 0 aliphatic carbocycles. The van der Waals surface area contributed by atoms with E-state index in [1.807, 2.05) is 13.8 Å². The summed E-state index contributed by atoms with van der Waals surface area (Å²) in [6.07, 6.45) is 3.43. The largest absolute Gasteiger partial charge is 0.324 e. The van der Waals surface area contributed by atoms with Crippen molar-refractivity contribution in [1.82, 2.24) is 9.78 Å². The van der Waals surface area contributed by atoms with Gasteiger partial charge in [-0.1, -0.05) is 17.7 Å². The molecule has 0 saturated heterocycles. The van der Waals surface area contributed by atoms with Crippen molar-refractivity contribution in [3.05, 3.63) is 47.3 Å². The number of carbonyl (C=O) groups is 1. The van der Waals surface area contributed by atoms with E-state index in [-0.39, 0.29) is 12.5 Å². The molecule has 1 aromatic carbocycles. The Balaban J connectivity index is 2.12. The lowest BCUT2D eigenvalue weighted by Gasteiger charge is -2.12. The van der Waals surface area contributed by atoms with Crippen molar-refractivity contribution >= 4 is 11.6 Å². The third-order valence-electron chi connectivity index (χ3n) is 2.81. The highest BCUT2D eigenvalue weighted by molar-refractivity contribution is 5.92. The van der Waals surface area contributed by atoms with E-state index in [2.05, 4.69) is 29.5 Å². The van der Waals surface area contributed by atoms with Crippen molar-refractivity contribution in [1.29, 1.82) is 0 Å². The molecule has 0 fully saturated rings. The van der Waals surface area contributed by atoms with Gasteiger partial charge in [-0.2, -0.15) is 5.10 Å². The monoisotopic (exact) mass is 243 g/mol. The standard InChI is InChI=1S/C14H17N3O/c1-10-7-11(2)14(12(3)8-10)16-13(18)9-17-6-4-5-15-17/h4-8H,9H2,1-3H3,(H,16,18). The molecule has 0 saturated carbocycles. The van der Waals surface area contributed by atoms with Crippen LogP contribution >= 0.6 is 0 Å². The molecule has 1 amide bonds.